The minimum absolute atomic E-state index is 0.0301. The van der Waals surface area contributed by atoms with Crippen molar-refractivity contribution < 1.29 is 9.53 Å². The van der Waals surface area contributed by atoms with Crippen molar-refractivity contribution in [3.05, 3.63) is 0 Å². The molecule has 0 aromatic heterocycles. The summed E-state index contributed by atoms with van der Waals surface area (Å²) in [6.07, 6.45) is 1.29. The van der Waals surface area contributed by atoms with Crippen molar-refractivity contribution in [3.63, 3.8) is 0 Å². The Bertz CT molecular complexity index is 187. The number of rotatable bonds is 4. The fourth-order valence-corrected chi connectivity index (χ4v) is 0.967. The smallest absolute Gasteiger partial charge is 0.323 e. The molecule has 0 bridgehead atoms. The van der Waals surface area contributed by atoms with E-state index in [1.165, 1.54) is 0 Å². The predicted molar refractivity (Wildman–Crippen MR) is 56.7 cm³/mol. The predicted octanol–water partition coefficient (Wildman–Crippen LogP) is 0.783. The van der Waals surface area contributed by atoms with Gasteiger partial charge >= 0.3 is 5.97 Å². The molecule has 0 aliphatic carbocycles. The van der Waals surface area contributed by atoms with Crippen LogP contribution >= 0.6 is 0 Å². The third-order valence-corrected chi connectivity index (χ3v) is 1.79. The maximum atomic E-state index is 11.4. The minimum atomic E-state index is -0.607. The minimum Gasteiger partial charge on any atom is -0.459 e. The van der Waals surface area contributed by atoms with Gasteiger partial charge in [-0.1, -0.05) is 6.92 Å². The van der Waals surface area contributed by atoms with E-state index >= 15 is 0 Å². The third-order valence-electron chi connectivity index (χ3n) is 1.79. The van der Waals surface area contributed by atoms with Gasteiger partial charge < -0.3 is 16.2 Å². The molecule has 0 spiro atoms. The SMILES string of the molecule is CC[C@@H](N)C[C@H](N)C(=O)OC(C)(C)C. The number of carbonyl (C=O) groups is 1. The van der Waals surface area contributed by atoms with Gasteiger partial charge in [0.2, 0.25) is 0 Å². The van der Waals surface area contributed by atoms with E-state index in [1.54, 1.807) is 0 Å². The lowest BCUT2D eigenvalue weighted by atomic mass is 10.1. The van der Waals surface area contributed by atoms with E-state index in [0.717, 1.165) is 6.42 Å². The van der Waals surface area contributed by atoms with Crippen LogP contribution in [-0.2, 0) is 9.53 Å². The normalized spacial score (nSPS) is 16.1. The Kier molecular flexibility index (Phi) is 5.08. The topological polar surface area (TPSA) is 78.3 Å². The molecule has 0 aliphatic rings. The van der Waals surface area contributed by atoms with E-state index in [0.29, 0.717) is 6.42 Å². The number of hydrogen-bond acceptors (Lipinski definition) is 4. The van der Waals surface area contributed by atoms with Gasteiger partial charge in [-0.25, -0.2) is 0 Å². The molecule has 0 amide bonds. The summed E-state index contributed by atoms with van der Waals surface area (Å²) >= 11 is 0. The first-order chi connectivity index (χ1) is 6.26. The van der Waals surface area contributed by atoms with E-state index in [4.69, 9.17) is 16.2 Å². The average molecular weight is 202 g/mol. The van der Waals surface area contributed by atoms with Gasteiger partial charge in [0.15, 0.2) is 0 Å². The molecule has 4 nitrogen and oxygen atoms in total. The van der Waals surface area contributed by atoms with Crippen LogP contribution in [0.4, 0.5) is 0 Å². The second-order valence-electron chi connectivity index (χ2n) is 4.54. The summed E-state index contributed by atoms with van der Waals surface area (Å²) in [4.78, 5) is 11.4. The standard InChI is InChI=1S/C10H22N2O2/c1-5-7(11)6-8(12)9(13)14-10(2,3)4/h7-8H,5-6,11-12H2,1-4H3/t7-,8+/m1/s1. The summed E-state index contributed by atoms with van der Waals surface area (Å²) in [7, 11) is 0. The highest BCUT2D eigenvalue weighted by Gasteiger charge is 2.23. The van der Waals surface area contributed by atoms with Crippen LogP contribution in [0, 0.1) is 0 Å². The van der Waals surface area contributed by atoms with E-state index < -0.39 is 11.6 Å². The van der Waals surface area contributed by atoms with Gasteiger partial charge in [0.1, 0.15) is 11.6 Å². The first kappa shape index (κ1) is 13.4. The molecule has 14 heavy (non-hydrogen) atoms. The van der Waals surface area contributed by atoms with Gasteiger partial charge in [-0.05, 0) is 33.6 Å². The quantitative estimate of drug-likeness (QED) is 0.660. The van der Waals surface area contributed by atoms with Gasteiger partial charge in [-0.2, -0.15) is 0 Å². The van der Waals surface area contributed by atoms with Crippen LogP contribution in [0.15, 0.2) is 0 Å². The Morgan fingerprint density at radius 2 is 1.86 bits per heavy atom. The third kappa shape index (κ3) is 5.94. The van der Waals surface area contributed by atoms with Gasteiger partial charge in [0.25, 0.3) is 0 Å². The zero-order chi connectivity index (χ0) is 11.4. The fraction of sp³-hybridized carbons (Fsp3) is 0.900. The lowest BCUT2D eigenvalue weighted by molar-refractivity contribution is -0.156. The van der Waals surface area contributed by atoms with E-state index in [2.05, 4.69) is 0 Å². The van der Waals surface area contributed by atoms with Crippen LogP contribution in [-0.4, -0.2) is 23.7 Å². The molecular formula is C10H22N2O2. The van der Waals surface area contributed by atoms with E-state index in [-0.39, 0.29) is 12.0 Å². The maximum Gasteiger partial charge on any atom is 0.323 e. The van der Waals surface area contributed by atoms with Crippen molar-refractivity contribution in [2.24, 2.45) is 11.5 Å². The molecule has 2 atom stereocenters. The van der Waals surface area contributed by atoms with Crippen molar-refractivity contribution in [1.29, 1.82) is 0 Å². The molecule has 0 saturated carbocycles. The lowest BCUT2D eigenvalue weighted by Crippen LogP contribution is -2.41. The summed E-state index contributed by atoms with van der Waals surface area (Å²) in [5.74, 6) is -0.374. The highest BCUT2D eigenvalue weighted by Crippen LogP contribution is 2.09. The number of carbonyl (C=O) groups excluding carboxylic acids is 1. The molecule has 0 aliphatic heterocycles. The van der Waals surface area contributed by atoms with Crippen LogP contribution in [0.25, 0.3) is 0 Å². The zero-order valence-electron chi connectivity index (χ0n) is 9.54. The highest BCUT2D eigenvalue weighted by atomic mass is 16.6. The van der Waals surface area contributed by atoms with Gasteiger partial charge in [-0.15, -0.1) is 0 Å². The zero-order valence-corrected chi connectivity index (χ0v) is 9.54. The number of ether oxygens (including phenoxy) is 1. The van der Waals surface area contributed by atoms with Crippen LogP contribution in [0.1, 0.15) is 40.5 Å². The molecule has 0 aromatic rings. The number of esters is 1. The van der Waals surface area contributed by atoms with Gasteiger partial charge in [0.05, 0.1) is 0 Å². The molecular weight excluding hydrogens is 180 g/mol. The average Bonchev–Trinajstić information content (AvgIpc) is 2.00. The van der Waals surface area contributed by atoms with Crippen LogP contribution < -0.4 is 11.5 Å². The molecule has 0 fully saturated rings. The molecule has 84 valence electrons. The maximum absolute atomic E-state index is 11.4. The fourth-order valence-electron chi connectivity index (χ4n) is 0.967. The largest absolute Gasteiger partial charge is 0.459 e. The molecule has 4 N–H and O–H groups in total. The Morgan fingerprint density at radius 1 is 1.36 bits per heavy atom. The Balaban J connectivity index is 4.00. The first-order valence-electron chi connectivity index (χ1n) is 5.00. The molecule has 0 saturated heterocycles. The molecule has 0 unspecified atom stereocenters. The second-order valence-corrected chi connectivity index (χ2v) is 4.54. The van der Waals surface area contributed by atoms with E-state index in [9.17, 15) is 4.79 Å². The monoisotopic (exact) mass is 202 g/mol. The molecule has 0 heterocycles. The van der Waals surface area contributed by atoms with Crippen molar-refractivity contribution >= 4 is 5.97 Å². The Hall–Kier alpha value is -0.610. The van der Waals surface area contributed by atoms with Crippen LogP contribution in [0.3, 0.4) is 0 Å². The van der Waals surface area contributed by atoms with Crippen LogP contribution in [0.5, 0.6) is 0 Å². The molecule has 0 aromatic carbocycles. The van der Waals surface area contributed by atoms with Crippen molar-refractivity contribution in [2.45, 2.75) is 58.2 Å². The van der Waals surface area contributed by atoms with Gasteiger partial charge in [0, 0.05) is 6.04 Å². The van der Waals surface area contributed by atoms with Crippen LogP contribution in [0.2, 0.25) is 0 Å². The summed E-state index contributed by atoms with van der Waals surface area (Å²) in [5.41, 5.74) is 10.9. The highest BCUT2D eigenvalue weighted by molar-refractivity contribution is 5.75. The van der Waals surface area contributed by atoms with Crippen molar-refractivity contribution in [2.75, 3.05) is 0 Å². The molecule has 4 heteroatoms. The number of nitrogens with two attached hydrogens (primary N) is 2. The summed E-state index contributed by atoms with van der Waals surface area (Å²) in [6, 6.07) is -0.637. The van der Waals surface area contributed by atoms with Crippen molar-refractivity contribution in [1.82, 2.24) is 0 Å². The van der Waals surface area contributed by atoms with E-state index in [1.807, 2.05) is 27.7 Å². The summed E-state index contributed by atoms with van der Waals surface area (Å²) < 4.78 is 5.13. The second kappa shape index (κ2) is 5.32. The number of hydrogen-bond donors (Lipinski definition) is 2. The van der Waals surface area contributed by atoms with Gasteiger partial charge in [-0.3, -0.25) is 4.79 Å². The Labute approximate surface area is 86.0 Å². The first-order valence-corrected chi connectivity index (χ1v) is 5.00. The van der Waals surface area contributed by atoms with Crippen molar-refractivity contribution in [3.8, 4) is 0 Å². The molecule has 0 radical (unpaired) electrons. The molecule has 0 rings (SSSR count). The summed E-state index contributed by atoms with van der Waals surface area (Å²) in [6.45, 7) is 7.42. The lowest BCUT2D eigenvalue weighted by Gasteiger charge is -2.23. The summed E-state index contributed by atoms with van der Waals surface area (Å²) in [5, 5.41) is 0. The Morgan fingerprint density at radius 3 is 2.21 bits per heavy atom.